The smallest absolute Gasteiger partial charge is 0.267 e. The van der Waals surface area contributed by atoms with Crippen LogP contribution < -0.4 is 10.1 Å². The van der Waals surface area contributed by atoms with E-state index in [4.69, 9.17) is 9.57 Å². The quantitative estimate of drug-likeness (QED) is 0.834. The van der Waals surface area contributed by atoms with Gasteiger partial charge in [-0.05, 0) is 19.1 Å². The third-order valence-electron chi connectivity index (χ3n) is 3.17. The Morgan fingerprint density at radius 2 is 2.35 bits per heavy atom. The summed E-state index contributed by atoms with van der Waals surface area (Å²) in [5.41, 5.74) is 0.563. The number of ether oxygens (including phenoxy) is 1. The van der Waals surface area contributed by atoms with E-state index in [-0.39, 0.29) is 5.91 Å². The highest BCUT2D eigenvalue weighted by Crippen LogP contribution is 2.30. The molecule has 0 saturated carbocycles. The third kappa shape index (κ3) is 2.66. The molecule has 0 bridgehead atoms. The molecule has 5 heteroatoms. The largest absolute Gasteiger partial charge is 0.496 e. The zero-order valence-corrected chi connectivity index (χ0v) is 11.7. The summed E-state index contributed by atoms with van der Waals surface area (Å²) in [5.74, 6) is 0.511. The molecule has 20 heavy (non-hydrogen) atoms. The van der Waals surface area contributed by atoms with Crippen LogP contribution in [0, 0.1) is 0 Å². The summed E-state index contributed by atoms with van der Waals surface area (Å²) in [6, 6.07) is 7.53. The van der Waals surface area contributed by atoms with Crippen molar-refractivity contribution in [3.05, 3.63) is 42.5 Å². The van der Waals surface area contributed by atoms with Crippen molar-refractivity contribution in [1.82, 2.24) is 5.32 Å². The summed E-state index contributed by atoms with van der Waals surface area (Å²) in [6.45, 7) is 5.69. The van der Waals surface area contributed by atoms with Crippen molar-refractivity contribution in [3.63, 3.8) is 0 Å². The number of nitrogens with one attached hydrogen (secondary N) is 1. The van der Waals surface area contributed by atoms with Crippen molar-refractivity contribution in [1.29, 1.82) is 0 Å². The number of nitrogens with zero attached hydrogens (tertiary/aromatic N) is 1. The van der Waals surface area contributed by atoms with Crippen LogP contribution in [-0.4, -0.2) is 30.9 Å². The highest BCUT2D eigenvalue weighted by Gasteiger charge is 2.42. The van der Waals surface area contributed by atoms with Gasteiger partial charge in [0.25, 0.3) is 5.91 Å². The number of hydrogen-bond donors (Lipinski definition) is 1. The van der Waals surface area contributed by atoms with Crippen LogP contribution in [0.5, 0.6) is 5.75 Å². The average Bonchev–Trinajstić information content (AvgIpc) is 2.88. The van der Waals surface area contributed by atoms with Gasteiger partial charge in [-0.2, -0.15) is 0 Å². The van der Waals surface area contributed by atoms with Crippen molar-refractivity contribution in [2.24, 2.45) is 5.16 Å². The Kier molecular flexibility index (Phi) is 4.08. The lowest BCUT2D eigenvalue weighted by Crippen LogP contribution is -2.44. The van der Waals surface area contributed by atoms with E-state index < -0.39 is 5.60 Å². The van der Waals surface area contributed by atoms with Crippen molar-refractivity contribution in [2.45, 2.75) is 18.9 Å². The maximum absolute atomic E-state index is 12.1. The minimum atomic E-state index is -0.987. The number of oxime groups is 1. The van der Waals surface area contributed by atoms with Gasteiger partial charge in [0.1, 0.15) is 5.75 Å². The van der Waals surface area contributed by atoms with Crippen LogP contribution in [0.15, 0.2) is 42.1 Å². The molecule has 0 aromatic heterocycles. The van der Waals surface area contributed by atoms with Gasteiger partial charge >= 0.3 is 0 Å². The van der Waals surface area contributed by atoms with E-state index in [9.17, 15) is 4.79 Å². The Labute approximate surface area is 118 Å². The molecule has 0 unspecified atom stereocenters. The van der Waals surface area contributed by atoms with E-state index in [0.29, 0.717) is 24.4 Å². The summed E-state index contributed by atoms with van der Waals surface area (Å²) in [5, 5.41) is 6.78. The highest BCUT2D eigenvalue weighted by molar-refractivity contribution is 6.07. The fourth-order valence-corrected chi connectivity index (χ4v) is 2.04. The van der Waals surface area contributed by atoms with Gasteiger partial charge in [-0.25, -0.2) is 0 Å². The van der Waals surface area contributed by atoms with E-state index in [1.165, 1.54) is 0 Å². The van der Waals surface area contributed by atoms with Gasteiger partial charge in [0, 0.05) is 18.5 Å². The van der Waals surface area contributed by atoms with Crippen molar-refractivity contribution >= 4 is 11.6 Å². The van der Waals surface area contributed by atoms with E-state index in [2.05, 4.69) is 17.1 Å². The monoisotopic (exact) mass is 274 g/mol. The Morgan fingerprint density at radius 1 is 1.60 bits per heavy atom. The van der Waals surface area contributed by atoms with Crippen LogP contribution in [-0.2, 0) is 9.63 Å². The molecule has 2 rings (SSSR count). The van der Waals surface area contributed by atoms with E-state index in [0.717, 1.165) is 5.56 Å². The molecular weight excluding hydrogens is 256 g/mol. The molecule has 0 spiro atoms. The van der Waals surface area contributed by atoms with E-state index in [1.807, 2.05) is 24.3 Å². The van der Waals surface area contributed by atoms with Gasteiger partial charge < -0.3 is 14.9 Å². The second kappa shape index (κ2) is 5.77. The number of carbonyl (C=O) groups excluding carboxylic acids is 1. The number of hydrogen-bond acceptors (Lipinski definition) is 4. The molecular formula is C15H18N2O3. The van der Waals surface area contributed by atoms with Crippen molar-refractivity contribution < 1.29 is 14.4 Å². The van der Waals surface area contributed by atoms with Crippen LogP contribution in [0.4, 0.5) is 0 Å². The van der Waals surface area contributed by atoms with Gasteiger partial charge in [-0.1, -0.05) is 23.4 Å². The van der Waals surface area contributed by atoms with Gasteiger partial charge in [0.15, 0.2) is 0 Å². The first-order valence-electron chi connectivity index (χ1n) is 6.38. The molecule has 1 aromatic rings. The first kappa shape index (κ1) is 14.1. The Bertz CT molecular complexity index is 554. The molecule has 0 aliphatic carbocycles. The first-order valence-corrected chi connectivity index (χ1v) is 6.38. The molecule has 5 nitrogen and oxygen atoms in total. The second-order valence-corrected chi connectivity index (χ2v) is 4.74. The minimum Gasteiger partial charge on any atom is -0.496 e. The predicted molar refractivity (Wildman–Crippen MR) is 76.8 cm³/mol. The number of para-hydroxylation sites is 1. The lowest BCUT2D eigenvalue weighted by Gasteiger charge is -2.19. The van der Waals surface area contributed by atoms with Gasteiger partial charge in [0.2, 0.25) is 5.60 Å². The molecule has 0 saturated heterocycles. The minimum absolute atomic E-state index is 0.203. The Morgan fingerprint density at radius 3 is 3.05 bits per heavy atom. The summed E-state index contributed by atoms with van der Waals surface area (Å²) in [4.78, 5) is 17.4. The third-order valence-corrected chi connectivity index (χ3v) is 3.17. The van der Waals surface area contributed by atoms with Crippen LogP contribution in [0.2, 0.25) is 0 Å². The number of benzene rings is 1. The Balaban J connectivity index is 2.15. The maximum Gasteiger partial charge on any atom is 0.267 e. The van der Waals surface area contributed by atoms with Crippen LogP contribution in [0.3, 0.4) is 0 Å². The molecule has 1 atom stereocenters. The van der Waals surface area contributed by atoms with Crippen molar-refractivity contribution in [2.75, 3.05) is 13.7 Å². The molecule has 0 radical (unpaired) electrons. The molecule has 1 aliphatic rings. The van der Waals surface area contributed by atoms with Crippen LogP contribution in [0.1, 0.15) is 18.9 Å². The molecule has 0 fully saturated rings. The normalized spacial score (nSPS) is 20.8. The first-order chi connectivity index (χ1) is 9.60. The standard InChI is InChI=1S/C15H18N2O3/c1-4-9-16-14(18)15(2)10-12(17-20-15)11-7-5-6-8-13(11)19-3/h4-8H,1,9-10H2,2-3H3,(H,16,18)/t15-/m1/s1. The van der Waals surface area contributed by atoms with Gasteiger partial charge in [-0.3, -0.25) is 4.79 Å². The van der Waals surface area contributed by atoms with E-state index >= 15 is 0 Å². The fourth-order valence-electron chi connectivity index (χ4n) is 2.04. The number of amides is 1. The van der Waals surface area contributed by atoms with Crippen molar-refractivity contribution in [3.8, 4) is 5.75 Å². The second-order valence-electron chi connectivity index (χ2n) is 4.74. The topological polar surface area (TPSA) is 59.9 Å². The summed E-state index contributed by atoms with van der Waals surface area (Å²) in [7, 11) is 1.60. The predicted octanol–water partition coefficient (Wildman–Crippen LogP) is 1.88. The number of carbonyl (C=O) groups is 1. The zero-order chi connectivity index (χ0) is 14.6. The molecule has 1 aliphatic heterocycles. The molecule has 1 N–H and O–H groups in total. The molecule has 1 heterocycles. The Hall–Kier alpha value is -2.30. The fraction of sp³-hybridized carbons (Fsp3) is 0.333. The SMILES string of the molecule is C=CCNC(=O)[C@@]1(C)CC(c2ccccc2OC)=NO1. The number of methoxy groups -OCH3 is 1. The molecule has 1 aromatic carbocycles. The lowest BCUT2D eigenvalue weighted by molar-refractivity contribution is -0.141. The molecule has 106 valence electrons. The summed E-state index contributed by atoms with van der Waals surface area (Å²) < 4.78 is 5.30. The highest BCUT2D eigenvalue weighted by atomic mass is 16.7. The van der Waals surface area contributed by atoms with Gasteiger partial charge in [-0.15, -0.1) is 6.58 Å². The maximum atomic E-state index is 12.1. The van der Waals surface area contributed by atoms with Crippen LogP contribution >= 0.6 is 0 Å². The van der Waals surface area contributed by atoms with E-state index in [1.54, 1.807) is 20.1 Å². The molecule has 1 amide bonds. The average molecular weight is 274 g/mol. The summed E-state index contributed by atoms with van der Waals surface area (Å²) in [6.07, 6.45) is 2.02. The van der Waals surface area contributed by atoms with Crippen LogP contribution in [0.25, 0.3) is 0 Å². The summed E-state index contributed by atoms with van der Waals surface area (Å²) >= 11 is 0. The number of rotatable bonds is 5. The lowest BCUT2D eigenvalue weighted by atomic mass is 9.94. The zero-order valence-electron chi connectivity index (χ0n) is 11.7. The van der Waals surface area contributed by atoms with Gasteiger partial charge in [0.05, 0.1) is 12.8 Å².